The van der Waals surface area contributed by atoms with Gasteiger partial charge in [0.2, 0.25) is 0 Å². The van der Waals surface area contributed by atoms with E-state index < -0.39 is 0 Å². The fourth-order valence-corrected chi connectivity index (χ4v) is 8.56. The van der Waals surface area contributed by atoms with Crippen LogP contribution in [0, 0.1) is 10.8 Å². The van der Waals surface area contributed by atoms with Gasteiger partial charge in [-0.05, 0) is 118 Å². The highest BCUT2D eigenvalue weighted by Gasteiger charge is 2.54. The van der Waals surface area contributed by atoms with E-state index in [-0.39, 0.29) is 16.4 Å². The van der Waals surface area contributed by atoms with Crippen LogP contribution in [0.1, 0.15) is 81.7 Å². The molecule has 0 amide bonds. The lowest BCUT2D eigenvalue weighted by Crippen LogP contribution is -2.40. The first-order chi connectivity index (χ1) is 17.7. The first-order valence-corrected chi connectivity index (χ1v) is 14.3. The third kappa shape index (κ3) is 3.50. The fraction of sp³-hybridized carbons (Fsp3) is 0.548. The molecule has 2 aromatic carbocycles. The molecule has 37 heavy (non-hydrogen) atoms. The molecule has 7 rings (SSSR count). The number of hydrogen-bond donors (Lipinski definition) is 1. The van der Waals surface area contributed by atoms with Gasteiger partial charge >= 0.3 is 0 Å². The van der Waals surface area contributed by atoms with E-state index in [2.05, 4.69) is 46.5 Å². The lowest BCUT2D eigenvalue weighted by molar-refractivity contribution is 0.126. The van der Waals surface area contributed by atoms with Crippen LogP contribution in [-0.2, 0) is 5.41 Å². The van der Waals surface area contributed by atoms with Gasteiger partial charge in [-0.3, -0.25) is 9.36 Å². The normalized spacial score (nSPS) is 28.6. The average Bonchev–Trinajstić information content (AvgIpc) is 3.51. The standard InChI is InChI=1S/C31H36ClN3O2/c1-29(2)22-7-6-21(16-25(22)35-24-5-3-4-23(32)26(24)27(37)33-28(29)35)20-8-14-34(15-9-20)18-30-10-12-31(17-30,19-36)13-11-30/h3-7,16,20,36H,8-15,17-19H2,1-2H3. The number of halogens is 1. The zero-order valence-electron chi connectivity index (χ0n) is 21.9. The fourth-order valence-electron chi connectivity index (χ4n) is 8.31. The average molecular weight is 518 g/mol. The summed E-state index contributed by atoms with van der Waals surface area (Å²) in [4.78, 5) is 20.2. The molecule has 0 radical (unpaired) electrons. The number of aromatic nitrogens is 2. The minimum atomic E-state index is -0.349. The van der Waals surface area contributed by atoms with Crippen LogP contribution < -0.4 is 5.56 Å². The molecule has 1 saturated heterocycles. The first-order valence-electron chi connectivity index (χ1n) is 13.9. The zero-order valence-corrected chi connectivity index (χ0v) is 22.7. The van der Waals surface area contributed by atoms with E-state index in [1.807, 2.05) is 12.1 Å². The molecule has 0 spiro atoms. The SMILES string of the molecule is CC1(C)c2ccc(C3CCN(CC45CCC(CO)(CC4)C5)CC3)cc2-n2c1nc(=O)c1c(Cl)cccc12. The molecule has 2 saturated carbocycles. The maximum Gasteiger partial charge on any atom is 0.282 e. The molecule has 194 valence electrons. The van der Waals surface area contributed by atoms with Crippen LogP contribution in [-0.4, -0.2) is 45.8 Å². The van der Waals surface area contributed by atoms with Crippen LogP contribution in [0.15, 0.2) is 41.2 Å². The second-order valence-corrected chi connectivity index (χ2v) is 13.4. The Bertz CT molecular complexity index is 1460. The first kappa shape index (κ1) is 23.9. The van der Waals surface area contributed by atoms with Crippen molar-refractivity contribution in [3.05, 3.63) is 68.7 Å². The predicted octanol–water partition coefficient (Wildman–Crippen LogP) is 5.80. The number of hydrogen-bond acceptors (Lipinski definition) is 4. The summed E-state index contributed by atoms with van der Waals surface area (Å²) >= 11 is 6.46. The Labute approximate surface area is 223 Å². The summed E-state index contributed by atoms with van der Waals surface area (Å²) < 4.78 is 2.17. The van der Waals surface area contributed by atoms with Crippen molar-refractivity contribution in [2.24, 2.45) is 10.8 Å². The molecule has 0 atom stereocenters. The summed E-state index contributed by atoms with van der Waals surface area (Å²) in [5.41, 5.74) is 4.66. The highest BCUT2D eigenvalue weighted by atomic mass is 35.5. The summed E-state index contributed by atoms with van der Waals surface area (Å²) in [7, 11) is 0. The van der Waals surface area contributed by atoms with Gasteiger partial charge in [-0.15, -0.1) is 0 Å². The van der Waals surface area contributed by atoms with Crippen LogP contribution in [0.5, 0.6) is 0 Å². The molecule has 2 aliphatic heterocycles. The van der Waals surface area contributed by atoms with E-state index in [0.717, 1.165) is 30.1 Å². The minimum absolute atomic E-state index is 0.237. The highest BCUT2D eigenvalue weighted by molar-refractivity contribution is 6.35. The maximum atomic E-state index is 12.9. The number of likely N-dealkylation sites (tertiary alicyclic amines) is 1. The Morgan fingerprint density at radius 3 is 2.49 bits per heavy atom. The Morgan fingerprint density at radius 2 is 1.78 bits per heavy atom. The van der Waals surface area contributed by atoms with E-state index in [0.29, 0.717) is 28.3 Å². The van der Waals surface area contributed by atoms with Gasteiger partial charge in [0.05, 0.1) is 27.0 Å². The summed E-state index contributed by atoms with van der Waals surface area (Å²) in [6, 6.07) is 12.6. The molecule has 5 nitrogen and oxygen atoms in total. The Hall–Kier alpha value is -2.21. The molecular formula is C31H36ClN3O2. The topological polar surface area (TPSA) is 58.4 Å². The molecule has 6 heteroatoms. The number of piperidine rings is 1. The molecule has 0 unspecified atom stereocenters. The van der Waals surface area contributed by atoms with E-state index >= 15 is 0 Å². The lowest BCUT2D eigenvalue weighted by Gasteiger charge is -2.38. The molecule has 4 aliphatic rings. The lowest BCUT2D eigenvalue weighted by atomic mass is 9.81. The van der Waals surface area contributed by atoms with Gasteiger partial charge in [-0.2, -0.15) is 4.98 Å². The van der Waals surface area contributed by atoms with E-state index in [9.17, 15) is 9.90 Å². The summed E-state index contributed by atoms with van der Waals surface area (Å²) in [5.74, 6) is 1.33. The van der Waals surface area contributed by atoms with Crippen LogP contribution in [0.25, 0.3) is 16.6 Å². The van der Waals surface area contributed by atoms with Crippen molar-refractivity contribution >= 4 is 22.5 Å². The van der Waals surface area contributed by atoms with Crippen LogP contribution in [0.2, 0.25) is 5.02 Å². The molecule has 3 fully saturated rings. The van der Waals surface area contributed by atoms with Crippen molar-refractivity contribution in [2.45, 2.75) is 70.1 Å². The van der Waals surface area contributed by atoms with E-state index in [4.69, 9.17) is 11.6 Å². The third-order valence-corrected chi connectivity index (χ3v) is 10.8. The maximum absolute atomic E-state index is 12.9. The molecule has 1 N–H and O–H groups in total. The quantitative estimate of drug-likeness (QED) is 0.475. The van der Waals surface area contributed by atoms with Crippen molar-refractivity contribution in [2.75, 3.05) is 26.2 Å². The van der Waals surface area contributed by atoms with Crippen molar-refractivity contribution in [3.63, 3.8) is 0 Å². The monoisotopic (exact) mass is 517 g/mol. The number of rotatable bonds is 4. The molecule has 3 aromatic rings. The highest BCUT2D eigenvalue weighted by Crippen LogP contribution is 2.61. The largest absolute Gasteiger partial charge is 0.396 e. The van der Waals surface area contributed by atoms with Gasteiger partial charge in [0.1, 0.15) is 5.82 Å². The number of nitrogens with zero attached hydrogens (tertiary/aromatic N) is 3. The van der Waals surface area contributed by atoms with E-state index in [1.165, 1.54) is 62.6 Å². The molecular weight excluding hydrogens is 482 g/mol. The van der Waals surface area contributed by atoms with Gasteiger partial charge in [0, 0.05) is 13.2 Å². The van der Waals surface area contributed by atoms with Gasteiger partial charge in [0.15, 0.2) is 0 Å². The second-order valence-electron chi connectivity index (χ2n) is 13.0. The number of benzene rings is 2. The van der Waals surface area contributed by atoms with Crippen molar-refractivity contribution < 1.29 is 5.11 Å². The Balaban J connectivity index is 1.16. The summed E-state index contributed by atoms with van der Waals surface area (Å²) in [6.45, 7) is 8.18. The van der Waals surface area contributed by atoms with Crippen LogP contribution in [0.4, 0.5) is 0 Å². The molecule has 1 aromatic heterocycles. The van der Waals surface area contributed by atoms with Crippen LogP contribution in [0.3, 0.4) is 0 Å². The van der Waals surface area contributed by atoms with Crippen molar-refractivity contribution in [1.82, 2.24) is 14.5 Å². The van der Waals surface area contributed by atoms with Gasteiger partial charge < -0.3 is 10.0 Å². The smallest absolute Gasteiger partial charge is 0.282 e. The summed E-state index contributed by atoms with van der Waals surface area (Å²) in [5, 5.41) is 10.9. The van der Waals surface area contributed by atoms with Crippen LogP contribution >= 0.6 is 11.6 Å². The Morgan fingerprint density at radius 1 is 1.05 bits per heavy atom. The van der Waals surface area contributed by atoms with Gasteiger partial charge in [0.25, 0.3) is 5.56 Å². The Kier molecular flexibility index (Phi) is 5.25. The summed E-state index contributed by atoms with van der Waals surface area (Å²) in [6.07, 6.45) is 8.59. The van der Waals surface area contributed by atoms with Crippen molar-refractivity contribution in [1.29, 1.82) is 0 Å². The third-order valence-electron chi connectivity index (χ3n) is 10.4. The number of aliphatic hydroxyl groups is 1. The zero-order chi connectivity index (χ0) is 25.6. The molecule has 2 bridgehead atoms. The number of fused-ring (bicyclic) bond motifs is 7. The van der Waals surface area contributed by atoms with Gasteiger partial charge in [-0.1, -0.05) is 29.8 Å². The number of aliphatic hydroxyl groups excluding tert-OH is 1. The molecule has 2 aliphatic carbocycles. The predicted molar refractivity (Wildman–Crippen MR) is 148 cm³/mol. The second kappa shape index (κ2) is 8.14. The molecule has 3 heterocycles. The minimum Gasteiger partial charge on any atom is -0.396 e. The van der Waals surface area contributed by atoms with Crippen molar-refractivity contribution in [3.8, 4) is 5.69 Å². The van der Waals surface area contributed by atoms with E-state index in [1.54, 1.807) is 6.07 Å². The van der Waals surface area contributed by atoms with Gasteiger partial charge in [-0.25, -0.2) is 0 Å².